The smallest absolute Gasteiger partial charge is 0.212 e. The quantitative estimate of drug-likeness (QED) is 0.835. The summed E-state index contributed by atoms with van der Waals surface area (Å²) >= 11 is 1.80. The molecule has 0 bridgehead atoms. The summed E-state index contributed by atoms with van der Waals surface area (Å²) in [5, 5.41) is 2.11. The Morgan fingerprint density at radius 2 is 2.11 bits per heavy atom. The summed E-state index contributed by atoms with van der Waals surface area (Å²) in [4.78, 5) is 1.42. The van der Waals surface area contributed by atoms with Crippen LogP contribution in [0.25, 0.3) is 0 Å². The number of hydrogen-bond acceptors (Lipinski definition) is 3. The maximum Gasteiger partial charge on any atom is 0.214 e. The maximum atomic E-state index is 11.9. The highest BCUT2D eigenvalue weighted by Gasteiger charge is 2.27. The molecule has 0 N–H and O–H groups in total. The molecular formula is C13H21NO2S2. The fourth-order valence-electron chi connectivity index (χ4n) is 2.49. The Morgan fingerprint density at radius 1 is 1.39 bits per heavy atom. The number of piperidine rings is 1. The predicted octanol–water partition coefficient (Wildman–Crippen LogP) is 2.74. The Hall–Kier alpha value is -0.390. The molecule has 0 amide bonds. The molecular weight excluding hydrogens is 266 g/mol. The van der Waals surface area contributed by atoms with Crippen LogP contribution in [0.15, 0.2) is 17.5 Å². The van der Waals surface area contributed by atoms with Gasteiger partial charge >= 0.3 is 0 Å². The Balaban J connectivity index is 1.84. The van der Waals surface area contributed by atoms with Gasteiger partial charge in [0.15, 0.2) is 0 Å². The van der Waals surface area contributed by atoms with Crippen LogP contribution < -0.4 is 0 Å². The fourth-order valence-corrected chi connectivity index (χ4v) is 4.85. The predicted molar refractivity (Wildman–Crippen MR) is 76.4 cm³/mol. The van der Waals surface area contributed by atoms with Crippen LogP contribution in [0.5, 0.6) is 0 Å². The molecule has 1 aliphatic rings. The summed E-state index contributed by atoms with van der Waals surface area (Å²) in [6.07, 6.45) is 3.82. The highest BCUT2D eigenvalue weighted by molar-refractivity contribution is 7.89. The zero-order chi connectivity index (χ0) is 13.0. The summed E-state index contributed by atoms with van der Waals surface area (Å²) in [7, 11) is -2.98. The molecule has 0 aromatic carbocycles. The van der Waals surface area contributed by atoms with Gasteiger partial charge in [0, 0.05) is 18.0 Å². The molecule has 18 heavy (non-hydrogen) atoms. The standard InChI is InChI=1S/C13H21NO2S2/c1-2-10-18(15,16)14-7-5-12(6-8-14)11-13-4-3-9-17-13/h3-4,9,12H,2,5-8,10-11H2,1H3. The second-order valence-corrected chi connectivity index (χ2v) is 8.06. The third-order valence-electron chi connectivity index (χ3n) is 3.50. The first-order chi connectivity index (χ1) is 8.62. The van der Waals surface area contributed by atoms with Crippen LogP contribution in [-0.2, 0) is 16.4 Å². The van der Waals surface area contributed by atoms with Crippen LogP contribution in [-0.4, -0.2) is 31.6 Å². The Kier molecular flexibility index (Phi) is 4.81. The highest BCUT2D eigenvalue weighted by Crippen LogP contribution is 2.25. The van der Waals surface area contributed by atoms with Gasteiger partial charge in [0.1, 0.15) is 0 Å². The summed E-state index contributed by atoms with van der Waals surface area (Å²) in [6, 6.07) is 4.26. The van der Waals surface area contributed by atoms with Gasteiger partial charge in [0.2, 0.25) is 10.0 Å². The molecule has 102 valence electrons. The van der Waals surface area contributed by atoms with E-state index < -0.39 is 10.0 Å². The van der Waals surface area contributed by atoms with Crippen molar-refractivity contribution in [2.75, 3.05) is 18.8 Å². The fraction of sp³-hybridized carbons (Fsp3) is 0.692. The lowest BCUT2D eigenvalue weighted by Gasteiger charge is -2.31. The first kappa shape index (κ1) is 14.0. The van der Waals surface area contributed by atoms with Gasteiger partial charge < -0.3 is 0 Å². The lowest BCUT2D eigenvalue weighted by Crippen LogP contribution is -2.39. The molecule has 5 heteroatoms. The molecule has 0 atom stereocenters. The monoisotopic (exact) mass is 287 g/mol. The van der Waals surface area contributed by atoms with Crippen molar-refractivity contribution in [1.82, 2.24) is 4.31 Å². The lowest BCUT2D eigenvalue weighted by atomic mass is 9.94. The molecule has 1 saturated heterocycles. The van der Waals surface area contributed by atoms with E-state index in [1.54, 1.807) is 15.6 Å². The number of thiophene rings is 1. The van der Waals surface area contributed by atoms with Crippen LogP contribution in [0.1, 0.15) is 31.1 Å². The topological polar surface area (TPSA) is 37.4 Å². The number of nitrogens with zero attached hydrogens (tertiary/aromatic N) is 1. The van der Waals surface area contributed by atoms with E-state index in [-0.39, 0.29) is 0 Å². The van der Waals surface area contributed by atoms with E-state index in [4.69, 9.17) is 0 Å². The van der Waals surface area contributed by atoms with E-state index >= 15 is 0 Å². The van der Waals surface area contributed by atoms with Gasteiger partial charge in [0.25, 0.3) is 0 Å². The summed E-state index contributed by atoms with van der Waals surface area (Å²) in [6.45, 7) is 3.33. The summed E-state index contributed by atoms with van der Waals surface area (Å²) < 4.78 is 25.6. The second-order valence-electron chi connectivity index (χ2n) is 4.94. The molecule has 1 aromatic heterocycles. The average Bonchev–Trinajstić information content (AvgIpc) is 2.82. The van der Waals surface area contributed by atoms with E-state index in [1.165, 1.54) is 4.88 Å². The highest BCUT2D eigenvalue weighted by atomic mass is 32.2. The first-order valence-corrected chi connectivity index (χ1v) is 9.11. The molecule has 1 fully saturated rings. The Labute approximate surface area is 114 Å². The minimum atomic E-state index is -2.98. The van der Waals surface area contributed by atoms with Crippen molar-refractivity contribution >= 4 is 21.4 Å². The molecule has 3 nitrogen and oxygen atoms in total. The van der Waals surface area contributed by atoms with Crippen molar-refractivity contribution in [2.24, 2.45) is 5.92 Å². The van der Waals surface area contributed by atoms with Crippen LogP contribution in [0.4, 0.5) is 0 Å². The van der Waals surface area contributed by atoms with Crippen LogP contribution in [0.2, 0.25) is 0 Å². The molecule has 0 saturated carbocycles. The Morgan fingerprint density at radius 3 is 2.67 bits per heavy atom. The van der Waals surface area contributed by atoms with Gasteiger partial charge in [-0.25, -0.2) is 12.7 Å². The van der Waals surface area contributed by atoms with Crippen molar-refractivity contribution < 1.29 is 8.42 Å². The van der Waals surface area contributed by atoms with Crippen molar-refractivity contribution in [2.45, 2.75) is 32.6 Å². The SMILES string of the molecule is CCCS(=O)(=O)N1CCC(Cc2cccs2)CC1. The van der Waals surface area contributed by atoms with Crippen molar-refractivity contribution in [3.05, 3.63) is 22.4 Å². The van der Waals surface area contributed by atoms with Gasteiger partial charge in [-0.1, -0.05) is 13.0 Å². The Bertz CT molecular complexity index is 445. The van der Waals surface area contributed by atoms with Crippen LogP contribution >= 0.6 is 11.3 Å². The third kappa shape index (κ3) is 3.56. The molecule has 0 aliphatic carbocycles. The summed E-state index contributed by atoms with van der Waals surface area (Å²) in [5.41, 5.74) is 0. The largest absolute Gasteiger partial charge is 0.214 e. The first-order valence-electron chi connectivity index (χ1n) is 6.62. The van der Waals surface area contributed by atoms with Crippen LogP contribution in [0, 0.1) is 5.92 Å². The lowest BCUT2D eigenvalue weighted by molar-refractivity contribution is 0.273. The van der Waals surface area contributed by atoms with Gasteiger partial charge in [-0.3, -0.25) is 0 Å². The van der Waals surface area contributed by atoms with Crippen LogP contribution in [0.3, 0.4) is 0 Å². The van der Waals surface area contributed by atoms with Gasteiger partial charge in [-0.15, -0.1) is 11.3 Å². The molecule has 0 unspecified atom stereocenters. The minimum absolute atomic E-state index is 0.294. The second kappa shape index (κ2) is 6.17. The van der Waals surface area contributed by atoms with Gasteiger partial charge in [0.05, 0.1) is 5.75 Å². The molecule has 1 aromatic rings. The maximum absolute atomic E-state index is 11.9. The zero-order valence-electron chi connectivity index (χ0n) is 10.8. The van der Waals surface area contributed by atoms with Gasteiger partial charge in [-0.2, -0.15) is 0 Å². The molecule has 1 aliphatic heterocycles. The van der Waals surface area contributed by atoms with Crippen molar-refractivity contribution in [1.29, 1.82) is 0 Å². The van der Waals surface area contributed by atoms with E-state index in [2.05, 4.69) is 17.5 Å². The molecule has 0 radical (unpaired) electrons. The van der Waals surface area contributed by atoms with Crippen molar-refractivity contribution in [3.8, 4) is 0 Å². The molecule has 0 spiro atoms. The third-order valence-corrected chi connectivity index (χ3v) is 6.47. The van der Waals surface area contributed by atoms with E-state index in [9.17, 15) is 8.42 Å². The minimum Gasteiger partial charge on any atom is -0.212 e. The van der Waals surface area contributed by atoms with E-state index in [1.807, 2.05) is 6.92 Å². The van der Waals surface area contributed by atoms with Gasteiger partial charge in [-0.05, 0) is 43.0 Å². The number of sulfonamides is 1. The van der Waals surface area contributed by atoms with Crippen molar-refractivity contribution in [3.63, 3.8) is 0 Å². The number of rotatable bonds is 5. The van der Waals surface area contributed by atoms with E-state index in [0.717, 1.165) is 19.3 Å². The summed E-state index contributed by atoms with van der Waals surface area (Å²) in [5.74, 6) is 0.944. The average molecular weight is 287 g/mol. The molecule has 2 rings (SSSR count). The number of hydrogen-bond donors (Lipinski definition) is 0. The zero-order valence-corrected chi connectivity index (χ0v) is 12.5. The normalized spacial score (nSPS) is 19.2. The molecule has 2 heterocycles. The van der Waals surface area contributed by atoms with E-state index in [0.29, 0.717) is 31.2 Å².